The summed E-state index contributed by atoms with van der Waals surface area (Å²) in [5.74, 6) is 1.03. The second kappa shape index (κ2) is 5.65. The minimum atomic E-state index is 0.0856. The minimum Gasteiger partial charge on any atom is -0.339 e. The Kier molecular flexibility index (Phi) is 3.70. The van der Waals surface area contributed by atoms with Crippen LogP contribution in [0.1, 0.15) is 6.92 Å². The van der Waals surface area contributed by atoms with Gasteiger partial charge in [0.2, 0.25) is 23.1 Å². The summed E-state index contributed by atoms with van der Waals surface area (Å²) in [4.78, 5) is 31.8. The normalized spacial score (nSPS) is 15.3. The lowest BCUT2D eigenvalue weighted by Gasteiger charge is -2.34. The molecule has 3 heterocycles. The molecule has 1 aliphatic heterocycles. The number of aromatic nitrogens is 5. The molecule has 9 heteroatoms. The van der Waals surface area contributed by atoms with E-state index in [1.165, 1.54) is 0 Å². The van der Waals surface area contributed by atoms with E-state index in [9.17, 15) is 4.79 Å². The summed E-state index contributed by atoms with van der Waals surface area (Å²) in [6.45, 7) is 4.22. The fraction of sp³-hybridized carbons (Fsp3) is 0.417. The predicted octanol–water partition coefficient (Wildman–Crippen LogP) is 0.379. The summed E-state index contributed by atoms with van der Waals surface area (Å²) < 4.78 is 1.67. The summed E-state index contributed by atoms with van der Waals surface area (Å²) in [7, 11) is 0. The van der Waals surface area contributed by atoms with E-state index < -0.39 is 0 Å². The summed E-state index contributed by atoms with van der Waals surface area (Å²) >= 11 is 5.98. The van der Waals surface area contributed by atoms with Gasteiger partial charge in [0.1, 0.15) is 6.33 Å². The zero-order valence-electron chi connectivity index (χ0n) is 11.5. The molecular weight excluding hydrogens is 294 g/mol. The highest BCUT2D eigenvalue weighted by Crippen LogP contribution is 2.15. The number of halogens is 1. The van der Waals surface area contributed by atoms with E-state index in [1.807, 2.05) is 4.90 Å². The van der Waals surface area contributed by atoms with Gasteiger partial charge >= 0.3 is 0 Å². The van der Waals surface area contributed by atoms with Crippen LogP contribution >= 0.6 is 11.6 Å². The first-order valence-electron chi connectivity index (χ1n) is 6.54. The van der Waals surface area contributed by atoms with Crippen LogP contribution in [0.3, 0.4) is 0 Å². The molecule has 1 fully saturated rings. The third kappa shape index (κ3) is 2.94. The molecule has 21 heavy (non-hydrogen) atoms. The number of nitrogens with zero attached hydrogens (tertiary/aromatic N) is 7. The Labute approximate surface area is 126 Å². The lowest BCUT2D eigenvalue weighted by molar-refractivity contribution is -0.129. The van der Waals surface area contributed by atoms with Gasteiger partial charge in [0, 0.05) is 45.5 Å². The van der Waals surface area contributed by atoms with Crippen molar-refractivity contribution in [1.82, 2.24) is 29.4 Å². The topological polar surface area (TPSA) is 80.0 Å². The highest BCUT2D eigenvalue weighted by Gasteiger charge is 2.21. The molecule has 110 valence electrons. The van der Waals surface area contributed by atoms with E-state index in [-0.39, 0.29) is 11.2 Å². The van der Waals surface area contributed by atoms with E-state index in [1.54, 1.807) is 35.1 Å². The number of hydrogen-bond acceptors (Lipinski definition) is 6. The van der Waals surface area contributed by atoms with Crippen molar-refractivity contribution in [3.8, 4) is 5.95 Å². The lowest BCUT2D eigenvalue weighted by Crippen LogP contribution is -2.48. The van der Waals surface area contributed by atoms with Gasteiger partial charge in [-0.3, -0.25) is 9.36 Å². The molecule has 0 radical (unpaired) electrons. The van der Waals surface area contributed by atoms with Crippen molar-refractivity contribution < 1.29 is 4.79 Å². The zero-order chi connectivity index (χ0) is 14.8. The first kappa shape index (κ1) is 13.7. The van der Waals surface area contributed by atoms with Gasteiger partial charge in [-0.05, 0) is 11.6 Å². The van der Waals surface area contributed by atoms with Gasteiger partial charge in [0.05, 0.1) is 0 Å². The smallest absolute Gasteiger partial charge is 0.241 e. The van der Waals surface area contributed by atoms with Gasteiger partial charge in [-0.2, -0.15) is 15.0 Å². The second-order valence-electron chi connectivity index (χ2n) is 4.67. The van der Waals surface area contributed by atoms with E-state index in [4.69, 9.17) is 11.6 Å². The van der Waals surface area contributed by atoms with E-state index in [0.29, 0.717) is 38.1 Å². The van der Waals surface area contributed by atoms with Crippen LogP contribution in [0, 0.1) is 0 Å². The summed E-state index contributed by atoms with van der Waals surface area (Å²) in [6, 6.07) is 0. The van der Waals surface area contributed by atoms with Crippen molar-refractivity contribution in [2.45, 2.75) is 6.92 Å². The van der Waals surface area contributed by atoms with Crippen LogP contribution in [0.4, 0.5) is 5.95 Å². The molecule has 0 unspecified atom stereocenters. The SMILES string of the molecule is CC(=O)N1CCN(c2nc(Cl)nc(-n3ccnc3)n2)CC1. The standard InChI is InChI=1S/C12H14ClN7O/c1-9(21)18-4-6-19(7-5-18)11-15-10(13)16-12(17-11)20-3-2-14-8-20/h2-3,8H,4-7H2,1H3. The molecule has 8 nitrogen and oxygen atoms in total. The average Bonchev–Trinajstić information content (AvgIpc) is 3.01. The van der Waals surface area contributed by atoms with Gasteiger partial charge in [-0.25, -0.2) is 4.98 Å². The summed E-state index contributed by atoms with van der Waals surface area (Å²) in [5.41, 5.74) is 0. The molecule has 0 spiro atoms. The molecule has 1 saturated heterocycles. The molecule has 1 aliphatic rings. The molecular formula is C12H14ClN7O. The Morgan fingerprint density at radius 3 is 2.48 bits per heavy atom. The first-order chi connectivity index (χ1) is 10.1. The van der Waals surface area contributed by atoms with Crippen LogP contribution in [-0.4, -0.2) is 61.5 Å². The molecule has 1 amide bonds. The number of rotatable bonds is 2. The number of anilines is 1. The van der Waals surface area contributed by atoms with Crippen molar-refractivity contribution in [1.29, 1.82) is 0 Å². The third-order valence-electron chi connectivity index (χ3n) is 3.33. The number of hydrogen-bond donors (Lipinski definition) is 0. The number of imidazole rings is 1. The van der Waals surface area contributed by atoms with Gasteiger partial charge in [-0.15, -0.1) is 0 Å². The van der Waals surface area contributed by atoms with Crippen molar-refractivity contribution in [2.24, 2.45) is 0 Å². The van der Waals surface area contributed by atoms with Crippen LogP contribution in [0.2, 0.25) is 5.28 Å². The van der Waals surface area contributed by atoms with Crippen LogP contribution in [-0.2, 0) is 4.79 Å². The Bertz CT molecular complexity index is 637. The predicted molar refractivity (Wildman–Crippen MR) is 76.4 cm³/mol. The molecule has 0 aromatic carbocycles. The molecule has 2 aromatic heterocycles. The monoisotopic (exact) mass is 307 g/mol. The van der Waals surface area contributed by atoms with Crippen molar-refractivity contribution in [2.75, 3.05) is 31.1 Å². The molecule has 3 rings (SSSR count). The second-order valence-corrected chi connectivity index (χ2v) is 5.01. The number of amides is 1. The average molecular weight is 308 g/mol. The van der Waals surface area contributed by atoms with Crippen LogP contribution in [0.5, 0.6) is 0 Å². The Balaban J connectivity index is 1.82. The molecule has 0 saturated carbocycles. The largest absolute Gasteiger partial charge is 0.339 e. The van der Waals surface area contributed by atoms with E-state index in [2.05, 4.69) is 19.9 Å². The first-order valence-corrected chi connectivity index (χ1v) is 6.91. The van der Waals surface area contributed by atoms with Crippen molar-refractivity contribution in [3.63, 3.8) is 0 Å². The van der Waals surface area contributed by atoms with Crippen LogP contribution in [0.15, 0.2) is 18.7 Å². The van der Waals surface area contributed by atoms with Gasteiger partial charge in [-0.1, -0.05) is 0 Å². The molecule has 2 aromatic rings. The van der Waals surface area contributed by atoms with Crippen LogP contribution in [0.25, 0.3) is 5.95 Å². The maximum Gasteiger partial charge on any atom is 0.241 e. The van der Waals surface area contributed by atoms with E-state index in [0.717, 1.165) is 0 Å². The van der Waals surface area contributed by atoms with Gasteiger partial charge in [0.25, 0.3) is 0 Å². The number of carbonyl (C=O) groups excluding carboxylic acids is 1. The molecule has 0 N–H and O–H groups in total. The maximum atomic E-state index is 11.3. The highest BCUT2D eigenvalue weighted by atomic mass is 35.5. The van der Waals surface area contributed by atoms with Gasteiger partial charge in [0.15, 0.2) is 0 Å². The summed E-state index contributed by atoms with van der Waals surface area (Å²) in [5, 5.41) is 0.137. The quantitative estimate of drug-likeness (QED) is 0.798. The van der Waals surface area contributed by atoms with Crippen molar-refractivity contribution >= 4 is 23.5 Å². The minimum absolute atomic E-state index is 0.0856. The van der Waals surface area contributed by atoms with E-state index >= 15 is 0 Å². The van der Waals surface area contributed by atoms with Crippen LogP contribution < -0.4 is 4.90 Å². The third-order valence-corrected chi connectivity index (χ3v) is 3.50. The summed E-state index contributed by atoms with van der Waals surface area (Å²) in [6.07, 6.45) is 4.98. The van der Waals surface area contributed by atoms with Gasteiger partial charge < -0.3 is 9.80 Å². The lowest BCUT2D eigenvalue weighted by atomic mass is 10.3. The Morgan fingerprint density at radius 1 is 1.14 bits per heavy atom. The van der Waals surface area contributed by atoms with Crippen molar-refractivity contribution in [3.05, 3.63) is 24.0 Å². The molecule has 0 bridgehead atoms. The molecule has 0 atom stereocenters. The Morgan fingerprint density at radius 2 is 1.86 bits per heavy atom. The Hall–Kier alpha value is -2.22. The fourth-order valence-corrected chi connectivity index (χ4v) is 2.34. The fourth-order valence-electron chi connectivity index (χ4n) is 2.19. The highest BCUT2D eigenvalue weighted by molar-refractivity contribution is 6.28. The maximum absolute atomic E-state index is 11.3. The molecule has 0 aliphatic carbocycles. The zero-order valence-corrected chi connectivity index (χ0v) is 12.2. The number of carbonyl (C=O) groups is 1. The number of piperazine rings is 1.